The first-order valence-corrected chi connectivity index (χ1v) is 8.28. The van der Waals surface area contributed by atoms with Gasteiger partial charge in [-0.15, -0.1) is 0 Å². The molecule has 0 aliphatic heterocycles. The van der Waals surface area contributed by atoms with Gasteiger partial charge in [-0.05, 0) is 18.1 Å². The molecule has 0 saturated carbocycles. The zero-order valence-corrected chi connectivity index (χ0v) is 15.4. The number of methoxy groups -OCH3 is 2. The molecule has 0 aliphatic rings. The summed E-state index contributed by atoms with van der Waals surface area (Å²) in [7, 11) is 3.04. The van der Waals surface area contributed by atoms with Crippen LogP contribution in [0.5, 0.6) is 17.2 Å². The number of aromatic nitrogens is 1. The molecule has 7 heteroatoms. The number of aromatic amines is 1. The molecule has 0 spiro atoms. The van der Waals surface area contributed by atoms with Crippen LogP contribution in [0, 0.1) is 5.92 Å². The highest BCUT2D eigenvalue weighted by atomic mass is 16.5. The van der Waals surface area contributed by atoms with Crippen molar-refractivity contribution in [1.29, 1.82) is 0 Å². The molecule has 0 atom stereocenters. The van der Waals surface area contributed by atoms with E-state index in [2.05, 4.69) is 10.3 Å². The second-order valence-corrected chi connectivity index (χ2v) is 6.18. The fourth-order valence-corrected chi connectivity index (χ4v) is 2.19. The van der Waals surface area contributed by atoms with Crippen LogP contribution in [0.3, 0.4) is 0 Å². The van der Waals surface area contributed by atoms with Crippen molar-refractivity contribution in [3.8, 4) is 17.2 Å². The number of hydrogen-bond acceptors (Lipinski definition) is 5. The van der Waals surface area contributed by atoms with Crippen molar-refractivity contribution < 1.29 is 19.0 Å². The van der Waals surface area contributed by atoms with E-state index in [1.807, 2.05) is 13.8 Å². The Hall–Kier alpha value is -2.96. The molecule has 0 aliphatic carbocycles. The highest BCUT2D eigenvalue weighted by Gasteiger charge is 2.10. The molecule has 1 heterocycles. The third kappa shape index (κ3) is 5.27. The highest BCUT2D eigenvalue weighted by Crippen LogP contribution is 2.22. The highest BCUT2D eigenvalue weighted by molar-refractivity contribution is 5.95. The maximum Gasteiger partial charge on any atom is 0.251 e. The van der Waals surface area contributed by atoms with Crippen LogP contribution in [-0.2, 0) is 6.54 Å². The third-order valence-corrected chi connectivity index (χ3v) is 3.56. The van der Waals surface area contributed by atoms with Gasteiger partial charge >= 0.3 is 0 Å². The van der Waals surface area contributed by atoms with Gasteiger partial charge in [0, 0.05) is 29.6 Å². The Balaban J connectivity index is 2.03. The molecule has 0 saturated heterocycles. The Morgan fingerprint density at radius 3 is 2.31 bits per heavy atom. The van der Waals surface area contributed by atoms with E-state index in [-0.39, 0.29) is 23.6 Å². The minimum Gasteiger partial charge on any atom is -0.497 e. The molecular formula is C19H24N2O5. The van der Waals surface area contributed by atoms with Gasteiger partial charge in [0.25, 0.3) is 5.91 Å². The maximum atomic E-state index is 12.3. The summed E-state index contributed by atoms with van der Waals surface area (Å²) in [6.07, 6.45) is 1.51. The van der Waals surface area contributed by atoms with Crippen LogP contribution >= 0.6 is 0 Å². The molecule has 1 amide bonds. The van der Waals surface area contributed by atoms with Gasteiger partial charge in [0.1, 0.15) is 11.5 Å². The minimum absolute atomic E-state index is 0.179. The number of nitrogens with one attached hydrogen (secondary N) is 2. The first-order chi connectivity index (χ1) is 12.4. The Morgan fingerprint density at radius 2 is 1.77 bits per heavy atom. The number of benzene rings is 1. The minimum atomic E-state index is -0.303. The summed E-state index contributed by atoms with van der Waals surface area (Å²) in [5.74, 6) is 1.34. The van der Waals surface area contributed by atoms with E-state index in [1.165, 1.54) is 26.5 Å². The number of carbonyl (C=O) groups excluding carboxylic acids is 1. The lowest BCUT2D eigenvalue weighted by Gasteiger charge is -2.10. The van der Waals surface area contributed by atoms with Crippen LogP contribution in [0.15, 0.2) is 35.3 Å². The van der Waals surface area contributed by atoms with Crippen LogP contribution in [-0.4, -0.2) is 31.7 Å². The summed E-state index contributed by atoms with van der Waals surface area (Å²) in [6.45, 7) is 4.66. The van der Waals surface area contributed by atoms with E-state index >= 15 is 0 Å². The van der Waals surface area contributed by atoms with E-state index in [1.54, 1.807) is 18.2 Å². The van der Waals surface area contributed by atoms with E-state index < -0.39 is 0 Å². The average molecular weight is 360 g/mol. The zero-order valence-electron chi connectivity index (χ0n) is 15.4. The summed E-state index contributed by atoms with van der Waals surface area (Å²) in [4.78, 5) is 27.4. The van der Waals surface area contributed by atoms with Crippen molar-refractivity contribution >= 4 is 5.91 Å². The quantitative estimate of drug-likeness (QED) is 0.754. The smallest absolute Gasteiger partial charge is 0.251 e. The molecule has 0 bridgehead atoms. The predicted octanol–water partition coefficient (Wildman–Crippen LogP) is 2.36. The largest absolute Gasteiger partial charge is 0.497 e. The van der Waals surface area contributed by atoms with Gasteiger partial charge in [-0.1, -0.05) is 13.8 Å². The lowest BCUT2D eigenvalue weighted by Crippen LogP contribution is -2.24. The molecule has 0 radical (unpaired) electrons. The Bertz CT molecular complexity index is 792. The zero-order chi connectivity index (χ0) is 19.1. The van der Waals surface area contributed by atoms with E-state index in [9.17, 15) is 9.59 Å². The van der Waals surface area contributed by atoms with Gasteiger partial charge in [0.05, 0.1) is 27.4 Å². The number of ether oxygens (including phenoxy) is 3. The topological polar surface area (TPSA) is 89.7 Å². The standard InChI is InChI=1S/C19H24N2O5/c1-12(2)11-26-18-10-20-14(7-17(18)22)9-21-19(23)13-5-15(24-3)8-16(6-13)25-4/h5-8,10,12H,9,11H2,1-4H3,(H,20,22)(H,21,23). The lowest BCUT2D eigenvalue weighted by molar-refractivity contribution is 0.0949. The van der Waals surface area contributed by atoms with Crippen molar-refractivity contribution in [1.82, 2.24) is 10.3 Å². The van der Waals surface area contributed by atoms with Crippen molar-refractivity contribution in [3.05, 3.63) is 51.9 Å². The van der Waals surface area contributed by atoms with Crippen molar-refractivity contribution in [2.45, 2.75) is 20.4 Å². The van der Waals surface area contributed by atoms with Crippen molar-refractivity contribution in [3.63, 3.8) is 0 Å². The Morgan fingerprint density at radius 1 is 1.12 bits per heavy atom. The van der Waals surface area contributed by atoms with Gasteiger partial charge < -0.3 is 24.5 Å². The molecule has 2 aromatic rings. The van der Waals surface area contributed by atoms with Crippen LogP contribution in [0.2, 0.25) is 0 Å². The summed E-state index contributed by atoms with van der Waals surface area (Å²) in [5, 5.41) is 2.75. The summed E-state index contributed by atoms with van der Waals surface area (Å²) < 4.78 is 15.8. The van der Waals surface area contributed by atoms with Crippen LogP contribution in [0.1, 0.15) is 29.9 Å². The molecule has 140 valence electrons. The second kappa shape index (κ2) is 8.94. The molecule has 0 fully saturated rings. The van der Waals surface area contributed by atoms with Gasteiger partial charge in [0.15, 0.2) is 5.75 Å². The van der Waals surface area contributed by atoms with Crippen LogP contribution in [0.4, 0.5) is 0 Å². The number of pyridine rings is 1. The number of carbonyl (C=O) groups is 1. The molecule has 0 unspecified atom stereocenters. The first kappa shape index (κ1) is 19.4. The summed E-state index contributed by atoms with van der Waals surface area (Å²) >= 11 is 0. The lowest BCUT2D eigenvalue weighted by atomic mass is 10.2. The number of rotatable bonds is 8. The van der Waals surface area contributed by atoms with Crippen LogP contribution in [0.25, 0.3) is 0 Å². The van der Waals surface area contributed by atoms with E-state index in [0.717, 1.165) is 0 Å². The predicted molar refractivity (Wildman–Crippen MR) is 98.1 cm³/mol. The summed E-state index contributed by atoms with van der Waals surface area (Å²) in [5.41, 5.74) is 0.757. The fourth-order valence-electron chi connectivity index (χ4n) is 2.19. The van der Waals surface area contributed by atoms with E-state index in [0.29, 0.717) is 35.3 Å². The van der Waals surface area contributed by atoms with Crippen molar-refractivity contribution in [2.24, 2.45) is 5.92 Å². The number of H-pyrrole nitrogens is 1. The first-order valence-electron chi connectivity index (χ1n) is 8.28. The molecule has 7 nitrogen and oxygen atoms in total. The molecule has 1 aromatic heterocycles. The second-order valence-electron chi connectivity index (χ2n) is 6.18. The van der Waals surface area contributed by atoms with Gasteiger partial charge in [-0.3, -0.25) is 9.59 Å². The molecular weight excluding hydrogens is 336 g/mol. The molecule has 26 heavy (non-hydrogen) atoms. The number of hydrogen-bond donors (Lipinski definition) is 2. The summed E-state index contributed by atoms with van der Waals surface area (Å²) in [6, 6.07) is 6.33. The monoisotopic (exact) mass is 360 g/mol. The Labute approximate surface area is 152 Å². The van der Waals surface area contributed by atoms with Gasteiger partial charge in [-0.25, -0.2) is 0 Å². The van der Waals surface area contributed by atoms with Gasteiger partial charge in [-0.2, -0.15) is 0 Å². The maximum absolute atomic E-state index is 12.3. The van der Waals surface area contributed by atoms with Crippen molar-refractivity contribution in [2.75, 3.05) is 20.8 Å². The molecule has 1 aromatic carbocycles. The van der Waals surface area contributed by atoms with E-state index in [4.69, 9.17) is 14.2 Å². The fraction of sp³-hybridized carbons (Fsp3) is 0.368. The normalized spacial score (nSPS) is 10.5. The number of amides is 1. The molecule has 2 N–H and O–H groups in total. The third-order valence-electron chi connectivity index (χ3n) is 3.56. The molecule has 2 rings (SSSR count). The SMILES string of the molecule is COc1cc(OC)cc(C(=O)NCc2cc(=O)c(OCC(C)C)c[nH]2)c1. The van der Waals surface area contributed by atoms with Crippen LogP contribution < -0.4 is 25.0 Å². The average Bonchev–Trinajstić information content (AvgIpc) is 2.64. The van der Waals surface area contributed by atoms with Gasteiger partial charge in [0.2, 0.25) is 5.43 Å². The Kier molecular flexibility index (Phi) is 6.66.